The number of sulfone groups is 1. The molecule has 2 unspecified atom stereocenters. The highest BCUT2D eigenvalue weighted by Gasteiger charge is 2.33. The largest absolute Gasteiger partial charge is 0.474 e. The van der Waals surface area contributed by atoms with E-state index in [1.54, 1.807) is 6.92 Å². The van der Waals surface area contributed by atoms with Crippen molar-refractivity contribution in [2.75, 3.05) is 24.3 Å². The molecule has 0 radical (unpaired) electrons. The van der Waals surface area contributed by atoms with Crippen LogP contribution in [0, 0.1) is 12.7 Å². The van der Waals surface area contributed by atoms with E-state index in [9.17, 15) is 12.8 Å². The molecule has 2 aliphatic heterocycles. The van der Waals surface area contributed by atoms with Gasteiger partial charge in [0.1, 0.15) is 24.1 Å². The van der Waals surface area contributed by atoms with Gasteiger partial charge in [0.05, 0.1) is 35.1 Å². The first-order valence-corrected chi connectivity index (χ1v) is 11.7. The molecule has 0 aliphatic carbocycles. The number of morpholine rings is 1. The molecule has 2 aliphatic rings. The summed E-state index contributed by atoms with van der Waals surface area (Å²) in [6.45, 7) is 6.56. The Balaban J connectivity index is 1.50. The van der Waals surface area contributed by atoms with E-state index >= 15 is 0 Å². The zero-order valence-corrected chi connectivity index (χ0v) is 18.0. The number of nitrogens with one attached hydrogen (secondary N) is 2. The van der Waals surface area contributed by atoms with E-state index in [2.05, 4.69) is 27.2 Å². The third kappa shape index (κ3) is 4.86. The van der Waals surface area contributed by atoms with Crippen LogP contribution < -0.4 is 15.4 Å². The van der Waals surface area contributed by atoms with Crippen molar-refractivity contribution in [3.8, 4) is 5.88 Å². The number of piperidine rings is 1. The summed E-state index contributed by atoms with van der Waals surface area (Å²) >= 11 is 0. The highest BCUT2D eigenvalue weighted by molar-refractivity contribution is 7.91. The lowest BCUT2D eigenvalue weighted by Crippen LogP contribution is -2.56. The SMILES string of the molecule is C=CCS(=O)(=O)c1ccc(Nc2ncnc(OC3CC4COCC(C3)N4)c2C)c(F)c1. The number of anilines is 2. The molecular formula is C21H25FN4O4S. The molecule has 2 bridgehead atoms. The molecule has 2 N–H and O–H groups in total. The summed E-state index contributed by atoms with van der Waals surface area (Å²) in [5.41, 5.74) is 0.754. The number of halogens is 1. The van der Waals surface area contributed by atoms with Gasteiger partial charge < -0.3 is 20.1 Å². The predicted molar refractivity (Wildman–Crippen MR) is 114 cm³/mol. The second-order valence-electron chi connectivity index (χ2n) is 7.80. The van der Waals surface area contributed by atoms with Gasteiger partial charge in [-0.15, -0.1) is 6.58 Å². The molecule has 1 aromatic heterocycles. The molecule has 166 valence electrons. The first-order valence-electron chi connectivity index (χ1n) is 10.1. The number of aromatic nitrogens is 2. The van der Waals surface area contributed by atoms with Crippen LogP contribution in [0.4, 0.5) is 15.9 Å². The van der Waals surface area contributed by atoms with Crippen LogP contribution in [0.1, 0.15) is 18.4 Å². The van der Waals surface area contributed by atoms with Crippen molar-refractivity contribution < 1.29 is 22.3 Å². The Morgan fingerprint density at radius 3 is 2.74 bits per heavy atom. The Hall–Kier alpha value is -2.56. The van der Waals surface area contributed by atoms with Gasteiger partial charge in [-0.2, -0.15) is 0 Å². The Kier molecular flexibility index (Phi) is 6.22. The smallest absolute Gasteiger partial charge is 0.221 e. The summed E-state index contributed by atoms with van der Waals surface area (Å²) in [6, 6.07) is 4.25. The third-order valence-electron chi connectivity index (χ3n) is 5.41. The van der Waals surface area contributed by atoms with E-state index in [0.29, 0.717) is 30.5 Å². The number of hydrogen-bond acceptors (Lipinski definition) is 8. The van der Waals surface area contributed by atoms with E-state index in [4.69, 9.17) is 9.47 Å². The molecule has 0 spiro atoms. The average Bonchev–Trinajstić information content (AvgIpc) is 2.72. The van der Waals surface area contributed by atoms with Crippen LogP contribution in [0.15, 0.2) is 42.1 Å². The van der Waals surface area contributed by atoms with Crippen molar-refractivity contribution in [1.82, 2.24) is 15.3 Å². The second kappa shape index (κ2) is 8.89. The van der Waals surface area contributed by atoms with Crippen LogP contribution in [0.5, 0.6) is 5.88 Å². The fourth-order valence-electron chi connectivity index (χ4n) is 3.89. The number of benzene rings is 1. The van der Waals surface area contributed by atoms with Crippen LogP contribution in [-0.2, 0) is 14.6 Å². The average molecular weight is 449 g/mol. The summed E-state index contributed by atoms with van der Waals surface area (Å²) in [5, 5.41) is 6.43. The molecule has 1 aromatic carbocycles. The van der Waals surface area contributed by atoms with E-state index < -0.39 is 15.7 Å². The lowest BCUT2D eigenvalue weighted by molar-refractivity contribution is -0.0134. The van der Waals surface area contributed by atoms with Crippen molar-refractivity contribution in [3.63, 3.8) is 0 Å². The topological polar surface area (TPSA) is 102 Å². The van der Waals surface area contributed by atoms with Gasteiger partial charge in [-0.05, 0) is 25.1 Å². The van der Waals surface area contributed by atoms with Gasteiger partial charge in [-0.3, -0.25) is 0 Å². The Bertz CT molecular complexity index is 1070. The van der Waals surface area contributed by atoms with Crippen molar-refractivity contribution in [1.29, 1.82) is 0 Å². The highest BCUT2D eigenvalue weighted by atomic mass is 32.2. The van der Waals surface area contributed by atoms with Crippen molar-refractivity contribution in [2.24, 2.45) is 0 Å². The molecule has 4 rings (SSSR count). The molecule has 2 atom stereocenters. The first kappa shape index (κ1) is 21.7. The highest BCUT2D eigenvalue weighted by Crippen LogP contribution is 2.29. The summed E-state index contributed by atoms with van der Waals surface area (Å²) in [7, 11) is -3.61. The summed E-state index contributed by atoms with van der Waals surface area (Å²) < 4.78 is 50.5. The van der Waals surface area contributed by atoms with Gasteiger partial charge in [0.15, 0.2) is 9.84 Å². The number of rotatable bonds is 7. The summed E-state index contributed by atoms with van der Waals surface area (Å²) in [4.78, 5) is 8.35. The molecular weight excluding hydrogens is 423 g/mol. The monoisotopic (exact) mass is 448 g/mol. The van der Waals surface area contributed by atoms with Crippen molar-refractivity contribution >= 4 is 21.3 Å². The van der Waals surface area contributed by atoms with E-state index in [1.165, 1.54) is 24.5 Å². The molecule has 3 heterocycles. The minimum Gasteiger partial charge on any atom is -0.474 e. The summed E-state index contributed by atoms with van der Waals surface area (Å²) in [6.07, 6.45) is 4.27. The third-order valence-corrected chi connectivity index (χ3v) is 7.06. The van der Waals surface area contributed by atoms with Gasteiger partial charge >= 0.3 is 0 Å². The number of ether oxygens (including phenoxy) is 2. The number of nitrogens with zero attached hydrogens (tertiary/aromatic N) is 2. The van der Waals surface area contributed by atoms with Crippen LogP contribution in [-0.4, -0.2) is 55.5 Å². The first-order chi connectivity index (χ1) is 14.9. The van der Waals surface area contributed by atoms with E-state index in [-0.39, 0.29) is 34.5 Å². The van der Waals surface area contributed by atoms with Crippen molar-refractivity contribution in [3.05, 3.63) is 48.6 Å². The Morgan fingerprint density at radius 1 is 1.32 bits per heavy atom. The number of fused-ring (bicyclic) bond motifs is 2. The summed E-state index contributed by atoms with van der Waals surface area (Å²) in [5.74, 6) is -0.121. The van der Waals surface area contributed by atoms with Gasteiger partial charge in [0.2, 0.25) is 5.88 Å². The van der Waals surface area contributed by atoms with E-state index in [0.717, 1.165) is 18.9 Å². The lowest BCUT2D eigenvalue weighted by atomic mass is 9.95. The molecule has 8 nitrogen and oxygen atoms in total. The van der Waals surface area contributed by atoms with Crippen LogP contribution in [0.2, 0.25) is 0 Å². The Labute approximate surface area is 180 Å². The lowest BCUT2D eigenvalue weighted by Gasteiger charge is -2.39. The minimum absolute atomic E-state index is 0.00712. The number of hydrogen-bond donors (Lipinski definition) is 2. The van der Waals surface area contributed by atoms with Gasteiger partial charge in [0, 0.05) is 24.9 Å². The Morgan fingerprint density at radius 2 is 2.06 bits per heavy atom. The van der Waals surface area contributed by atoms with Gasteiger partial charge in [-0.1, -0.05) is 6.08 Å². The molecule has 2 saturated heterocycles. The quantitative estimate of drug-likeness (QED) is 0.623. The minimum atomic E-state index is -3.61. The molecule has 0 saturated carbocycles. The van der Waals surface area contributed by atoms with Crippen LogP contribution in [0.25, 0.3) is 0 Å². The maximum atomic E-state index is 14.6. The van der Waals surface area contributed by atoms with E-state index in [1.807, 2.05) is 0 Å². The zero-order valence-electron chi connectivity index (χ0n) is 17.2. The van der Waals surface area contributed by atoms with Gasteiger partial charge in [-0.25, -0.2) is 22.8 Å². The predicted octanol–water partition coefficient (Wildman–Crippen LogP) is 2.53. The molecule has 2 fully saturated rings. The standard InChI is InChI=1S/C21H25FN4O4S/c1-3-6-31(27,28)17-4-5-19(18(22)9-17)26-20-13(2)21(24-12-23-20)30-16-7-14-10-29-11-15(8-16)25-14/h3-5,9,12,14-16,25H,1,6-8,10-11H2,2H3,(H,23,24,26). The zero-order chi connectivity index (χ0) is 22.0. The fraction of sp³-hybridized carbons (Fsp3) is 0.429. The normalized spacial score (nSPS) is 23.2. The maximum Gasteiger partial charge on any atom is 0.221 e. The fourth-order valence-corrected chi connectivity index (χ4v) is 4.95. The molecule has 2 aromatic rings. The molecule has 0 amide bonds. The van der Waals surface area contributed by atoms with Gasteiger partial charge in [0.25, 0.3) is 0 Å². The second-order valence-corrected chi connectivity index (χ2v) is 9.83. The maximum absolute atomic E-state index is 14.6. The van der Waals surface area contributed by atoms with Crippen molar-refractivity contribution in [2.45, 2.75) is 42.8 Å². The van der Waals surface area contributed by atoms with Crippen LogP contribution in [0.3, 0.4) is 0 Å². The molecule has 31 heavy (non-hydrogen) atoms. The molecule has 10 heteroatoms. The van der Waals surface area contributed by atoms with Crippen LogP contribution >= 0.6 is 0 Å².